The Morgan fingerprint density at radius 2 is 2.05 bits per heavy atom. The van der Waals surface area contributed by atoms with Crippen molar-refractivity contribution in [1.29, 1.82) is 0 Å². The van der Waals surface area contributed by atoms with Gasteiger partial charge in [-0.1, -0.05) is 19.9 Å². The molecule has 2 rings (SSSR count). The second kappa shape index (κ2) is 6.72. The fraction of sp³-hybridized carbons (Fsp3) is 0.500. The van der Waals surface area contributed by atoms with Gasteiger partial charge in [0.05, 0.1) is 6.10 Å². The maximum Gasteiger partial charge on any atom is 0.164 e. The van der Waals surface area contributed by atoms with Gasteiger partial charge in [-0.2, -0.15) is 5.10 Å². The molecule has 0 aliphatic heterocycles. The lowest BCUT2D eigenvalue weighted by molar-refractivity contribution is 0.199. The molecule has 1 atom stereocenters. The second-order valence-corrected chi connectivity index (χ2v) is 5.74. The van der Waals surface area contributed by atoms with Crippen LogP contribution in [0.4, 0.5) is 0 Å². The number of hydrogen-bond acceptors (Lipinski definition) is 4. The second-order valence-electron chi connectivity index (χ2n) is 5.74. The van der Waals surface area contributed by atoms with Gasteiger partial charge < -0.3 is 9.84 Å². The Kier molecular flexibility index (Phi) is 4.96. The predicted molar refractivity (Wildman–Crippen MR) is 81.0 cm³/mol. The number of aromatic nitrogens is 3. The molecular formula is C16H23N3O2. The number of nitrogens with zero attached hydrogens (tertiary/aromatic N) is 3. The van der Waals surface area contributed by atoms with Crippen LogP contribution in [0.25, 0.3) is 0 Å². The van der Waals surface area contributed by atoms with Gasteiger partial charge in [0.2, 0.25) is 0 Å². The molecule has 1 N–H and O–H groups in total. The first-order chi connectivity index (χ1) is 9.97. The predicted octanol–water partition coefficient (Wildman–Crippen LogP) is 2.87. The molecule has 0 saturated carbocycles. The molecule has 0 saturated heterocycles. The highest BCUT2D eigenvalue weighted by molar-refractivity contribution is 5.36. The Hall–Kier alpha value is -1.88. The number of aliphatic hydroxyl groups excluding tert-OH is 1. The third kappa shape index (κ3) is 4.04. The van der Waals surface area contributed by atoms with Crippen LogP contribution < -0.4 is 4.74 Å². The summed E-state index contributed by atoms with van der Waals surface area (Å²) in [7, 11) is 0. The molecule has 0 aliphatic carbocycles. The zero-order valence-corrected chi connectivity index (χ0v) is 13.1. The van der Waals surface area contributed by atoms with E-state index in [-0.39, 0.29) is 0 Å². The average molecular weight is 289 g/mol. The number of rotatable bonds is 6. The SMILES string of the molecule is Cc1cc([C@@H](C)O)ccc1OCc1ncnn1CC(C)C. The normalized spacial score (nSPS) is 12.7. The quantitative estimate of drug-likeness (QED) is 0.888. The minimum atomic E-state index is -0.466. The van der Waals surface area contributed by atoms with Crippen molar-refractivity contribution in [3.63, 3.8) is 0 Å². The standard InChI is InChI=1S/C16H23N3O2/c1-11(2)8-19-16(17-10-18-19)9-21-15-6-5-14(13(4)20)7-12(15)3/h5-7,10-11,13,20H,8-9H2,1-4H3/t13-/m1/s1. The van der Waals surface area contributed by atoms with Crippen LogP contribution in [0.3, 0.4) is 0 Å². The molecule has 0 fully saturated rings. The largest absolute Gasteiger partial charge is 0.485 e. The molecule has 0 amide bonds. The van der Waals surface area contributed by atoms with Gasteiger partial charge in [0.15, 0.2) is 5.82 Å². The topological polar surface area (TPSA) is 60.2 Å². The van der Waals surface area contributed by atoms with Crippen LogP contribution >= 0.6 is 0 Å². The zero-order valence-electron chi connectivity index (χ0n) is 13.1. The summed E-state index contributed by atoms with van der Waals surface area (Å²) < 4.78 is 7.71. The monoisotopic (exact) mass is 289 g/mol. The number of ether oxygens (including phenoxy) is 1. The maximum atomic E-state index is 9.58. The zero-order chi connectivity index (χ0) is 15.4. The minimum absolute atomic E-state index is 0.390. The Balaban J connectivity index is 2.05. The highest BCUT2D eigenvalue weighted by Gasteiger charge is 2.09. The number of hydrogen-bond donors (Lipinski definition) is 1. The summed E-state index contributed by atoms with van der Waals surface area (Å²) in [5, 5.41) is 13.8. The van der Waals surface area contributed by atoms with E-state index in [4.69, 9.17) is 4.74 Å². The van der Waals surface area contributed by atoms with E-state index in [0.29, 0.717) is 12.5 Å². The van der Waals surface area contributed by atoms with Crippen molar-refractivity contribution in [3.8, 4) is 5.75 Å². The molecule has 2 aromatic rings. The molecule has 5 heteroatoms. The number of aryl methyl sites for hydroxylation is 1. The molecule has 21 heavy (non-hydrogen) atoms. The lowest BCUT2D eigenvalue weighted by Crippen LogP contribution is -2.12. The molecular weight excluding hydrogens is 266 g/mol. The van der Waals surface area contributed by atoms with E-state index >= 15 is 0 Å². The molecule has 114 valence electrons. The highest BCUT2D eigenvalue weighted by atomic mass is 16.5. The first-order valence-corrected chi connectivity index (χ1v) is 7.25. The highest BCUT2D eigenvalue weighted by Crippen LogP contribution is 2.23. The van der Waals surface area contributed by atoms with Crippen LogP contribution in [0, 0.1) is 12.8 Å². The summed E-state index contributed by atoms with van der Waals surface area (Å²) in [5.41, 5.74) is 1.89. The van der Waals surface area contributed by atoms with Crippen molar-refractivity contribution in [1.82, 2.24) is 14.8 Å². The van der Waals surface area contributed by atoms with Gasteiger partial charge in [-0.15, -0.1) is 0 Å². The van der Waals surface area contributed by atoms with E-state index in [9.17, 15) is 5.11 Å². The van der Waals surface area contributed by atoms with E-state index in [1.165, 1.54) is 0 Å². The van der Waals surface area contributed by atoms with Gasteiger partial charge in [0, 0.05) is 6.54 Å². The first kappa shape index (κ1) is 15.5. The lowest BCUT2D eigenvalue weighted by Gasteiger charge is -2.13. The van der Waals surface area contributed by atoms with Crippen molar-refractivity contribution >= 4 is 0 Å². The molecule has 1 aromatic carbocycles. The molecule has 0 radical (unpaired) electrons. The minimum Gasteiger partial charge on any atom is -0.485 e. The fourth-order valence-electron chi connectivity index (χ4n) is 2.13. The Labute approximate surface area is 125 Å². The van der Waals surface area contributed by atoms with Crippen LogP contribution in [-0.2, 0) is 13.2 Å². The molecule has 0 aliphatic rings. The van der Waals surface area contributed by atoms with Crippen molar-refractivity contribution in [2.24, 2.45) is 5.92 Å². The Morgan fingerprint density at radius 3 is 2.67 bits per heavy atom. The number of aliphatic hydroxyl groups is 1. The van der Waals surface area contributed by atoms with Gasteiger partial charge in [-0.25, -0.2) is 9.67 Å². The van der Waals surface area contributed by atoms with E-state index in [1.807, 2.05) is 29.8 Å². The van der Waals surface area contributed by atoms with Gasteiger partial charge in [-0.05, 0) is 43.0 Å². The van der Waals surface area contributed by atoms with Gasteiger partial charge in [0.1, 0.15) is 18.7 Å². The van der Waals surface area contributed by atoms with E-state index < -0.39 is 6.10 Å². The average Bonchev–Trinajstić information content (AvgIpc) is 2.83. The third-order valence-electron chi connectivity index (χ3n) is 3.27. The van der Waals surface area contributed by atoms with Crippen LogP contribution in [0.1, 0.15) is 43.8 Å². The molecule has 1 aromatic heterocycles. The Bertz CT molecular complexity index is 591. The van der Waals surface area contributed by atoms with Gasteiger partial charge in [0.25, 0.3) is 0 Å². The van der Waals surface area contributed by atoms with Crippen molar-refractivity contribution < 1.29 is 9.84 Å². The fourth-order valence-corrected chi connectivity index (χ4v) is 2.13. The van der Waals surface area contributed by atoms with Crippen LogP contribution in [0.15, 0.2) is 24.5 Å². The molecule has 5 nitrogen and oxygen atoms in total. The smallest absolute Gasteiger partial charge is 0.164 e. The summed E-state index contributed by atoms with van der Waals surface area (Å²) in [4.78, 5) is 4.25. The first-order valence-electron chi connectivity index (χ1n) is 7.25. The van der Waals surface area contributed by atoms with E-state index in [0.717, 1.165) is 29.2 Å². The lowest BCUT2D eigenvalue weighted by atomic mass is 10.1. The summed E-state index contributed by atoms with van der Waals surface area (Å²) in [6.45, 7) is 9.24. The van der Waals surface area contributed by atoms with Gasteiger partial charge in [-0.3, -0.25) is 0 Å². The van der Waals surface area contributed by atoms with Gasteiger partial charge >= 0.3 is 0 Å². The van der Waals surface area contributed by atoms with Crippen molar-refractivity contribution in [3.05, 3.63) is 41.5 Å². The van der Waals surface area contributed by atoms with Crippen LogP contribution in [0.5, 0.6) is 5.75 Å². The maximum absolute atomic E-state index is 9.58. The molecule has 0 bridgehead atoms. The van der Waals surface area contributed by atoms with E-state index in [2.05, 4.69) is 23.9 Å². The molecule has 0 spiro atoms. The van der Waals surface area contributed by atoms with Crippen LogP contribution in [0.2, 0.25) is 0 Å². The molecule has 1 heterocycles. The van der Waals surface area contributed by atoms with Crippen molar-refractivity contribution in [2.75, 3.05) is 0 Å². The van der Waals surface area contributed by atoms with E-state index in [1.54, 1.807) is 13.3 Å². The van der Waals surface area contributed by atoms with Crippen LogP contribution in [-0.4, -0.2) is 19.9 Å². The summed E-state index contributed by atoms with van der Waals surface area (Å²) in [6, 6.07) is 5.71. The summed E-state index contributed by atoms with van der Waals surface area (Å²) in [5.74, 6) is 2.14. The summed E-state index contributed by atoms with van der Waals surface area (Å²) >= 11 is 0. The summed E-state index contributed by atoms with van der Waals surface area (Å²) in [6.07, 6.45) is 1.09. The third-order valence-corrected chi connectivity index (χ3v) is 3.27. The Morgan fingerprint density at radius 1 is 1.29 bits per heavy atom. The van der Waals surface area contributed by atoms with Crippen molar-refractivity contribution in [2.45, 2.75) is 47.0 Å². The molecule has 0 unspecified atom stereocenters. The number of benzene rings is 1.